The SMILES string of the molecule is Cc1c(-c2cc(F)c(N)cc2F)ccc2c3oc(N4CC[C@H](N)C4)nc3c(=O)n(C3CC3)c12. The molecule has 170 valence electrons. The van der Waals surface area contributed by atoms with Gasteiger partial charge >= 0.3 is 0 Å². The first-order valence-corrected chi connectivity index (χ1v) is 11.1. The Kier molecular flexibility index (Phi) is 4.29. The van der Waals surface area contributed by atoms with Crippen molar-refractivity contribution in [3.63, 3.8) is 0 Å². The van der Waals surface area contributed by atoms with Crippen LogP contribution in [0.4, 0.5) is 20.5 Å². The van der Waals surface area contributed by atoms with E-state index < -0.39 is 11.6 Å². The Bertz CT molecular complexity index is 1510. The molecule has 9 heteroatoms. The topological polar surface area (TPSA) is 103 Å². The van der Waals surface area contributed by atoms with E-state index in [2.05, 4.69) is 4.98 Å². The van der Waals surface area contributed by atoms with E-state index in [9.17, 15) is 13.6 Å². The lowest BCUT2D eigenvalue weighted by Crippen LogP contribution is -2.26. The van der Waals surface area contributed by atoms with Gasteiger partial charge in [-0.25, -0.2) is 8.78 Å². The highest BCUT2D eigenvalue weighted by molar-refractivity contribution is 6.04. The molecule has 33 heavy (non-hydrogen) atoms. The van der Waals surface area contributed by atoms with E-state index >= 15 is 0 Å². The number of pyridine rings is 1. The highest BCUT2D eigenvalue weighted by Gasteiger charge is 2.31. The summed E-state index contributed by atoms with van der Waals surface area (Å²) >= 11 is 0. The van der Waals surface area contributed by atoms with Gasteiger partial charge < -0.3 is 25.4 Å². The second-order valence-electron chi connectivity index (χ2n) is 9.06. The summed E-state index contributed by atoms with van der Waals surface area (Å²) in [6, 6.07) is 6.07. The van der Waals surface area contributed by atoms with Crippen LogP contribution in [0.3, 0.4) is 0 Å². The molecule has 0 bridgehead atoms. The van der Waals surface area contributed by atoms with Gasteiger partial charge in [-0.1, -0.05) is 6.07 Å². The molecule has 7 nitrogen and oxygen atoms in total. The third-order valence-electron chi connectivity index (χ3n) is 6.74. The summed E-state index contributed by atoms with van der Waals surface area (Å²) < 4.78 is 36.8. The molecule has 0 radical (unpaired) electrons. The van der Waals surface area contributed by atoms with Crippen LogP contribution in [-0.4, -0.2) is 28.7 Å². The fourth-order valence-corrected chi connectivity index (χ4v) is 4.88. The molecule has 6 rings (SSSR count). The van der Waals surface area contributed by atoms with Crippen molar-refractivity contribution < 1.29 is 13.2 Å². The summed E-state index contributed by atoms with van der Waals surface area (Å²) in [6.45, 7) is 3.15. The Balaban J connectivity index is 1.64. The number of hydrogen-bond acceptors (Lipinski definition) is 6. The number of nitrogen functional groups attached to an aromatic ring is 1. The van der Waals surface area contributed by atoms with Crippen LogP contribution in [0.25, 0.3) is 33.1 Å². The quantitative estimate of drug-likeness (QED) is 0.459. The van der Waals surface area contributed by atoms with Gasteiger partial charge in [0, 0.05) is 42.2 Å². The number of halogens is 2. The molecule has 4 aromatic rings. The van der Waals surface area contributed by atoms with Crippen LogP contribution in [0, 0.1) is 18.6 Å². The number of aryl methyl sites for hydroxylation is 1. The van der Waals surface area contributed by atoms with E-state index in [0.717, 1.165) is 36.8 Å². The van der Waals surface area contributed by atoms with Crippen molar-refractivity contribution in [2.45, 2.75) is 38.3 Å². The number of anilines is 2. The molecule has 1 saturated heterocycles. The molecule has 2 fully saturated rings. The van der Waals surface area contributed by atoms with Crippen LogP contribution in [0.15, 0.2) is 33.5 Å². The van der Waals surface area contributed by atoms with Crippen molar-refractivity contribution in [1.82, 2.24) is 9.55 Å². The van der Waals surface area contributed by atoms with Gasteiger partial charge in [-0.15, -0.1) is 0 Å². The molecule has 2 aromatic carbocycles. The van der Waals surface area contributed by atoms with Gasteiger partial charge in [0.2, 0.25) is 0 Å². The van der Waals surface area contributed by atoms with E-state index in [1.54, 1.807) is 16.7 Å². The average Bonchev–Trinajstić information content (AvgIpc) is 3.35. The zero-order valence-electron chi connectivity index (χ0n) is 18.1. The van der Waals surface area contributed by atoms with Gasteiger partial charge in [-0.2, -0.15) is 4.98 Å². The molecule has 3 heterocycles. The van der Waals surface area contributed by atoms with Gasteiger partial charge in [0.25, 0.3) is 11.6 Å². The lowest BCUT2D eigenvalue weighted by Gasteiger charge is -2.16. The van der Waals surface area contributed by atoms with Gasteiger partial charge in [0.05, 0.1) is 11.2 Å². The molecule has 2 aliphatic rings. The summed E-state index contributed by atoms with van der Waals surface area (Å²) in [5, 5.41) is 0.719. The standard InChI is InChI=1S/C24H23F2N5O2/c1-11-14(16-8-18(26)19(28)9-17(16)25)4-5-15-21(11)31(13-2-3-13)23(32)20-22(15)33-24(29-20)30-7-6-12(27)10-30/h4-5,8-9,12-13H,2-3,6-7,10,27-28H2,1H3/t12-/m0/s1. The smallest absolute Gasteiger partial charge is 0.298 e. The van der Waals surface area contributed by atoms with Crippen molar-refractivity contribution in [3.05, 3.63) is 51.8 Å². The lowest BCUT2D eigenvalue weighted by molar-refractivity contribution is 0.585. The average molecular weight is 451 g/mol. The maximum atomic E-state index is 14.7. The van der Waals surface area contributed by atoms with Crippen LogP contribution in [0.5, 0.6) is 0 Å². The highest BCUT2D eigenvalue weighted by Crippen LogP contribution is 2.41. The molecule has 0 amide bonds. The first kappa shape index (κ1) is 20.2. The number of oxazole rings is 1. The fraction of sp³-hybridized carbons (Fsp3) is 0.333. The van der Waals surface area contributed by atoms with E-state index in [1.165, 1.54) is 0 Å². The zero-order valence-corrected chi connectivity index (χ0v) is 18.1. The minimum atomic E-state index is -0.690. The summed E-state index contributed by atoms with van der Waals surface area (Å²) in [5.74, 6) is -1.31. The molecule has 0 unspecified atom stereocenters. The predicted molar refractivity (Wildman–Crippen MR) is 123 cm³/mol. The molecule has 1 aliphatic carbocycles. The maximum absolute atomic E-state index is 14.7. The zero-order chi connectivity index (χ0) is 23.0. The van der Waals surface area contributed by atoms with Crippen LogP contribution in [0.1, 0.15) is 30.9 Å². The number of nitrogens with two attached hydrogens (primary N) is 2. The van der Waals surface area contributed by atoms with Gasteiger partial charge in [-0.05, 0) is 49.4 Å². The van der Waals surface area contributed by atoms with Gasteiger partial charge in [0.15, 0.2) is 11.1 Å². The molecular formula is C24H23F2N5O2. The second-order valence-corrected chi connectivity index (χ2v) is 9.06. The Morgan fingerprint density at radius 1 is 1.12 bits per heavy atom. The molecule has 0 spiro atoms. The van der Waals surface area contributed by atoms with E-state index in [-0.39, 0.29) is 34.4 Å². The lowest BCUT2D eigenvalue weighted by atomic mass is 9.96. The Morgan fingerprint density at radius 3 is 2.61 bits per heavy atom. The highest BCUT2D eigenvalue weighted by atomic mass is 19.1. The van der Waals surface area contributed by atoms with Crippen molar-refractivity contribution in [2.75, 3.05) is 23.7 Å². The predicted octanol–water partition coefficient (Wildman–Crippen LogP) is 3.85. The normalized spacial score (nSPS) is 18.7. The monoisotopic (exact) mass is 451 g/mol. The summed E-state index contributed by atoms with van der Waals surface area (Å²) in [7, 11) is 0. The second kappa shape index (κ2) is 7.02. The van der Waals surface area contributed by atoms with Gasteiger partial charge in [-0.3, -0.25) is 4.79 Å². The number of nitrogens with zero attached hydrogens (tertiary/aromatic N) is 3. The number of benzene rings is 2. The van der Waals surface area contributed by atoms with Crippen molar-refractivity contribution >= 4 is 33.7 Å². The number of hydrogen-bond donors (Lipinski definition) is 2. The summed E-state index contributed by atoms with van der Waals surface area (Å²) in [4.78, 5) is 20.0. The maximum Gasteiger partial charge on any atom is 0.298 e. The largest absolute Gasteiger partial charge is 0.422 e. The number of fused-ring (bicyclic) bond motifs is 3. The van der Waals surface area contributed by atoms with Crippen LogP contribution < -0.4 is 21.9 Å². The van der Waals surface area contributed by atoms with Crippen molar-refractivity contribution in [3.8, 4) is 11.1 Å². The molecule has 4 N–H and O–H groups in total. The molecule has 1 aliphatic heterocycles. The van der Waals surface area contributed by atoms with Gasteiger partial charge in [0.1, 0.15) is 11.6 Å². The molecule has 2 aromatic heterocycles. The van der Waals surface area contributed by atoms with E-state index in [0.29, 0.717) is 41.3 Å². The Labute approximate surface area is 187 Å². The number of rotatable bonds is 3. The molecule has 1 saturated carbocycles. The van der Waals surface area contributed by atoms with Crippen LogP contribution in [0.2, 0.25) is 0 Å². The molecule has 1 atom stereocenters. The fourth-order valence-electron chi connectivity index (χ4n) is 4.88. The van der Waals surface area contributed by atoms with Crippen LogP contribution >= 0.6 is 0 Å². The van der Waals surface area contributed by atoms with E-state index in [4.69, 9.17) is 15.9 Å². The van der Waals surface area contributed by atoms with Crippen molar-refractivity contribution in [1.29, 1.82) is 0 Å². The Morgan fingerprint density at radius 2 is 1.91 bits per heavy atom. The minimum Gasteiger partial charge on any atom is -0.422 e. The first-order chi connectivity index (χ1) is 15.8. The van der Waals surface area contributed by atoms with Crippen LogP contribution in [-0.2, 0) is 0 Å². The third kappa shape index (κ3) is 3.02. The molecular weight excluding hydrogens is 428 g/mol. The summed E-state index contributed by atoms with van der Waals surface area (Å²) in [5.41, 5.74) is 13.7. The van der Waals surface area contributed by atoms with Crippen molar-refractivity contribution in [2.24, 2.45) is 5.73 Å². The first-order valence-electron chi connectivity index (χ1n) is 11.1. The minimum absolute atomic E-state index is 0.0416. The number of aromatic nitrogens is 2. The Hall–Kier alpha value is -3.46. The van der Waals surface area contributed by atoms with E-state index in [1.807, 2.05) is 11.8 Å². The summed E-state index contributed by atoms with van der Waals surface area (Å²) in [6.07, 6.45) is 2.58. The third-order valence-corrected chi connectivity index (χ3v) is 6.74.